The summed E-state index contributed by atoms with van der Waals surface area (Å²) < 4.78 is 1.62. The fourth-order valence-electron chi connectivity index (χ4n) is 3.12. The summed E-state index contributed by atoms with van der Waals surface area (Å²) in [6.07, 6.45) is 2.67. The summed E-state index contributed by atoms with van der Waals surface area (Å²) in [5, 5.41) is 3.28. The first kappa shape index (κ1) is 17.9. The molecule has 3 rings (SSSR count). The molecule has 0 aliphatic carbocycles. The highest BCUT2D eigenvalue weighted by atomic mass is 16.1. The number of benzene rings is 2. The number of aromatic nitrogens is 2. The number of aromatic amines is 1. The Labute approximate surface area is 154 Å². The van der Waals surface area contributed by atoms with Crippen molar-refractivity contribution in [1.29, 1.82) is 0 Å². The van der Waals surface area contributed by atoms with Crippen LogP contribution in [0.3, 0.4) is 0 Å². The summed E-state index contributed by atoms with van der Waals surface area (Å²) in [5.74, 6) is 0. The smallest absolute Gasteiger partial charge is 0.280 e. The Bertz CT molecular complexity index is 921. The predicted molar refractivity (Wildman–Crippen MR) is 108 cm³/mol. The van der Waals surface area contributed by atoms with Gasteiger partial charge in [0, 0.05) is 18.0 Å². The fraction of sp³-hybridized carbons (Fsp3) is 0.273. The number of hydrogen-bond donors (Lipinski definition) is 1. The zero-order valence-corrected chi connectivity index (χ0v) is 15.4. The second-order valence-electron chi connectivity index (χ2n) is 6.39. The number of rotatable bonds is 7. The molecule has 134 valence electrons. The Balaban J connectivity index is 1.88. The molecule has 3 aromatic rings. The molecule has 0 unspecified atom stereocenters. The van der Waals surface area contributed by atoms with Crippen LogP contribution in [0.2, 0.25) is 0 Å². The Hall–Kier alpha value is -2.88. The van der Waals surface area contributed by atoms with Crippen LogP contribution in [0, 0.1) is 0 Å². The van der Waals surface area contributed by atoms with Crippen molar-refractivity contribution < 1.29 is 0 Å². The van der Waals surface area contributed by atoms with Crippen molar-refractivity contribution in [3.8, 4) is 5.69 Å². The van der Waals surface area contributed by atoms with Gasteiger partial charge in [-0.05, 0) is 37.5 Å². The molecular weight excluding hydrogens is 322 g/mol. The molecule has 0 aliphatic rings. The molecule has 2 aromatic carbocycles. The van der Waals surface area contributed by atoms with Crippen molar-refractivity contribution >= 4 is 5.71 Å². The third-order valence-electron chi connectivity index (χ3n) is 4.43. The normalized spacial score (nSPS) is 11.7. The van der Waals surface area contributed by atoms with Gasteiger partial charge in [0.25, 0.3) is 5.56 Å². The number of aryl methyl sites for hydroxylation is 1. The lowest BCUT2D eigenvalue weighted by atomic mass is 10.1. The maximum atomic E-state index is 13.0. The van der Waals surface area contributed by atoms with Gasteiger partial charge in [0.05, 0.1) is 11.3 Å². The van der Waals surface area contributed by atoms with Crippen molar-refractivity contribution in [3.63, 3.8) is 0 Å². The Morgan fingerprint density at radius 3 is 2.31 bits per heavy atom. The standard InChI is InChI=1S/C22H25N3O/c1-3-10-20-21(17(2)23-16-15-18-11-6-4-7-12-18)22(26)25(24-20)19-13-8-5-9-14-19/h4-9,11-14,24H,3,10,15-16H2,1-2H3. The molecule has 0 atom stereocenters. The minimum absolute atomic E-state index is 0.0272. The van der Waals surface area contributed by atoms with E-state index in [0.717, 1.165) is 36.4 Å². The quantitative estimate of drug-likeness (QED) is 0.641. The molecule has 4 heteroatoms. The van der Waals surface area contributed by atoms with E-state index in [2.05, 4.69) is 29.1 Å². The van der Waals surface area contributed by atoms with E-state index >= 15 is 0 Å². The van der Waals surface area contributed by atoms with Gasteiger partial charge < -0.3 is 0 Å². The molecule has 0 aliphatic heterocycles. The highest BCUT2D eigenvalue weighted by Crippen LogP contribution is 2.11. The van der Waals surface area contributed by atoms with Crippen molar-refractivity contribution in [2.24, 2.45) is 4.99 Å². The molecule has 0 spiro atoms. The third-order valence-corrected chi connectivity index (χ3v) is 4.43. The van der Waals surface area contributed by atoms with Crippen LogP contribution < -0.4 is 5.56 Å². The van der Waals surface area contributed by atoms with Gasteiger partial charge in [-0.25, -0.2) is 4.68 Å². The Kier molecular flexibility index (Phi) is 5.84. The first-order chi connectivity index (χ1) is 12.7. The molecule has 0 bridgehead atoms. The van der Waals surface area contributed by atoms with Crippen LogP contribution in [0.15, 0.2) is 70.5 Å². The summed E-state index contributed by atoms with van der Waals surface area (Å²) in [6, 6.07) is 20.0. The molecule has 1 heterocycles. The molecule has 0 saturated carbocycles. The van der Waals surface area contributed by atoms with Gasteiger partial charge in [-0.2, -0.15) is 0 Å². The van der Waals surface area contributed by atoms with E-state index in [1.54, 1.807) is 4.68 Å². The van der Waals surface area contributed by atoms with E-state index in [1.807, 2.05) is 55.5 Å². The van der Waals surface area contributed by atoms with Crippen LogP contribution >= 0.6 is 0 Å². The summed E-state index contributed by atoms with van der Waals surface area (Å²) in [5.41, 5.74) is 4.55. The van der Waals surface area contributed by atoms with Crippen LogP contribution in [0.25, 0.3) is 5.69 Å². The van der Waals surface area contributed by atoms with E-state index in [9.17, 15) is 4.79 Å². The topological polar surface area (TPSA) is 50.1 Å². The fourth-order valence-corrected chi connectivity index (χ4v) is 3.12. The van der Waals surface area contributed by atoms with E-state index < -0.39 is 0 Å². The molecule has 0 fully saturated rings. The van der Waals surface area contributed by atoms with Crippen molar-refractivity contribution in [2.75, 3.05) is 6.54 Å². The van der Waals surface area contributed by atoms with Gasteiger partial charge in [-0.15, -0.1) is 0 Å². The van der Waals surface area contributed by atoms with Crippen molar-refractivity contribution in [2.45, 2.75) is 33.1 Å². The number of aliphatic imine (C=N–C) groups is 1. The monoisotopic (exact) mass is 347 g/mol. The average molecular weight is 347 g/mol. The van der Waals surface area contributed by atoms with E-state index in [4.69, 9.17) is 0 Å². The zero-order valence-electron chi connectivity index (χ0n) is 15.4. The highest BCUT2D eigenvalue weighted by Gasteiger charge is 2.16. The minimum Gasteiger partial charge on any atom is -0.294 e. The lowest BCUT2D eigenvalue weighted by Crippen LogP contribution is -2.20. The highest BCUT2D eigenvalue weighted by molar-refractivity contribution is 5.99. The first-order valence-electron chi connectivity index (χ1n) is 9.15. The zero-order chi connectivity index (χ0) is 18.4. The molecule has 0 radical (unpaired) electrons. The second-order valence-corrected chi connectivity index (χ2v) is 6.39. The van der Waals surface area contributed by atoms with Crippen molar-refractivity contribution in [3.05, 3.63) is 87.8 Å². The first-order valence-corrected chi connectivity index (χ1v) is 9.15. The van der Waals surface area contributed by atoms with E-state index in [-0.39, 0.29) is 5.56 Å². The molecule has 1 N–H and O–H groups in total. The predicted octanol–water partition coefficient (Wildman–Crippen LogP) is 4.17. The maximum absolute atomic E-state index is 13.0. The van der Waals surface area contributed by atoms with Gasteiger partial charge in [0.2, 0.25) is 0 Å². The molecule has 0 saturated heterocycles. The van der Waals surface area contributed by atoms with Gasteiger partial charge in [0.15, 0.2) is 0 Å². The summed E-state index contributed by atoms with van der Waals surface area (Å²) in [4.78, 5) is 17.7. The van der Waals surface area contributed by atoms with E-state index in [0.29, 0.717) is 12.1 Å². The summed E-state index contributed by atoms with van der Waals surface area (Å²) >= 11 is 0. The van der Waals surface area contributed by atoms with Crippen LogP contribution in [0.4, 0.5) is 0 Å². The van der Waals surface area contributed by atoms with Gasteiger partial charge in [-0.3, -0.25) is 14.9 Å². The largest absolute Gasteiger partial charge is 0.294 e. The lowest BCUT2D eigenvalue weighted by molar-refractivity contribution is 0.793. The summed E-state index contributed by atoms with van der Waals surface area (Å²) in [6.45, 7) is 4.73. The van der Waals surface area contributed by atoms with E-state index in [1.165, 1.54) is 5.56 Å². The number of H-pyrrole nitrogens is 1. The van der Waals surface area contributed by atoms with Crippen LogP contribution in [0.1, 0.15) is 37.1 Å². The third kappa shape index (κ3) is 4.02. The van der Waals surface area contributed by atoms with Gasteiger partial charge in [0.1, 0.15) is 0 Å². The minimum atomic E-state index is -0.0272. The molecule has 0 amide bonds. The molecule has 1 aromatic heterocycles. The van der Waals surface area contributed by atoms with Crippen LogP contribution in [-0.4, -0.2) is 22.0 Å². The summed E-state index contributed by atoms with van der Waals surface area (Å²) in [7, 11) is 0. The molecular formula is C22H25N3O. The van der Waals surface area contributed by atoms with Crippen LogP contribution in [0.5, 0.6) is 0 Å². The van der Waals surface area contributed by atoms with Gasteiger partial charge in [-0.1, -0.05) is 61.9 Å². The molecule has 26 heavy (non-hydrogen) atoms. The average Bonchev–Trinajstić information content (AvgIpc) is 3.00. The van der Waals surface area contributed by atoms with Crippen LogP contribution in [-0.2, 0) is 12.8 Å². The lowest BCUT2D eigenvalue weighted by Gasteiger charge is -2.02. The maximum Gasteiger partial charge on any atom is 0.280 e. The van der Waals surface area contributed by atoms with Crippen molar-refractivity contribution in [1.82, 2.24) is 9.78 Å². The Morgan fingerprint density at radius 2 is 1.65 bits per heavy atom. The number of nitrogens with zero attached hydrogens (tertiary/aromatic N) is 2. The second kappa shape index (κ2) is 8.48. The number of nitrogens with one attached hydrogen (secondary N) is 1. The molecule has 4 nitrogen and oxygen atoms in total. The number of hydrogen-bond acceptors (Lipinski definition) is 2. The number of para-hydroxylation sites is 1. The SMILES string of the molecule is CCCc1[nH]n(-c2ccccc2)c(=O)c1C(C)=NCCc1ccccc1. The Morgan fingerprint density at radius 1 is 1.00 bits per heavy atom. The van der Waals surface area contributed by atoms with Gasteiger partial charge >= 0.3 is 0 Å².